The van der Waals surface area contributed by atoms with Gasteiger partial charge in [-0.05, 0) is 12.1 Å². The second kappa shape index (κ2) is 18.5. The number of hydrogen-bond donors (Lipinski definition) is 7. The number of halogens is 2. The molecule has 0 saturated heterocycles. The van der Waals surface area contributed by atoms with Crippen LogP contribution in [0.5, 0.6) is 0 Å². The predicted octanol–water partition coefficient (Wildman–Crippen LogP) is -0.252. The Hall–Kier alpha value is -4.97. The molecule has 0 fully saturated rings. The molecule has 0 heterocycles. The molecule has 0 amide bonds. The third-order valence-corrected chi connectivity index (χ3v) is 3.26. The molecule has 198 valence electrons. The number of carboxylic acid groups (broad SMARTS) is 6. The maximum absolute atomic E-state index is 12.7. The molecule has 0 bridgehead atoms. The maximum atomic E-state index is 12.7. The molecule has 8 N–H and O–H groups in total. The second-order valence-electron chi connectivity index (χ2n) is 5.13. The lowest BCUT2D eigenvalue weighted by molar-refractivity contribution is -0.134. The van der Waals surface area contributed by atoms with Crippen molar-refractivity contribution >= 4 is 45.8 Å². The predicted molar refractivity (Wildman–Crippen MR) is 111 cm³/mol. The van der Waals surface area contributed by atoms with Gasteiger partial charge in [-0.2, -0.15) is 0 Å². The van der Waals surface area contributed by atoms with E-state index < -0.39 is 62.4 Å². The van der Waals surface area contributed by atoms with Gasteiger partial charge in [-0.15, -0.1) is 0 Å². The number of primary sulfonamides is 1. The Kier molecular flexibility index (Phi) is 18.3. The number of benzene rings is 1. The summed E-state index contributed by atoms with van der Waals surface area (Å²) in [6, 6.07) is 2.77. The fourth-order valence-electron chi connectivity index (χ4n) is 1.13. The molecule has 36 heavy (non-hydrogen) atoms. The highest BCUT2D eigenvalue weighted by Crippen LogP contribution is 2.14. The molecule has 1 rings (SSSR count). The van der Waals surface area contributed by atoms with E-state index in [1.54, 1.807) is 0 Å². The number of rotatable bonds is 7. The smallest absolute Gasteiger partial charge is 0.328 e. The number of hydrogen-bond acceptors (Lipinski definition) is 8. The molecule has 0 aliphatic carbocycles. The summed E-state index contributed by atoms with van der Waals surface area (Å²) in [5.41, 5.74) is 0. The number of nitrogens with two attached hydrogens (primary N) is 1. The lowest BCUT2D eigenvalue weighted by Crippen LogP contribution is -2.14. The van der Waals surface area contributed by atoms with E-state index in [2.05, 4.69) is 5.14 Å². The average Bonchev–Trinajstić information content (AvgIpc) is 2.72. The highest BCUT2D eigenvalue weighted by molar-refractivity contribution is 7.89. The molecule has 0 unspecified atom stereocenters. The Morgan fingerprint density at radius 2 is 0.861 bits per heavy atom. The first-order valence-corrected chi connectivity index (χ1v) is 9.74. The Morgan fingerprint density at radius 3 is 1.03 bits per heavy atom. The molecular formula is C18H17F2NO14S. The summed E-state index contributed by atoms with van der Waals surface area (Å²) in [4.78, 5) is 56.5. The first kappa shape index (κ1) is 35.6. The lowest BCUT2D eigenvalue weighted by Gasteiger charge is -1.99. The molecule has 18 heteroatoms. The highest BCUT2D eigenvalue weighted by atomic mass is 32.2. The van der Waals surface area contributed by atoms with Gasteiger partial charge >= 0.3 is 35.8 Å². The molecule has 0 aromatic heterocycles. The van der Waals surface area contributed by atoms with E-state index >= 15 is 0 Å². The Balaban J connectivity index is -0.000000412. The van der Waals surface area contributed by atoms with E-state index in [4.69, 9.17) is 30.6 Å². The maximum Gasteiger partial charge on any atom is 0.328 e. The average molecular weight is 541 g/mol. The summed E-state index contributed by atoms with van der Waals surface area (Å²) in [7, 11) is -4.17. The van der Waals surface area contributed by atoms with Crippen LogP contribution < -0.4 is 5.14 Å². The van der Waals surface area contributed by atoms with Crippen molar-refractivity contribution in [2.45, 2.75) is 4.90 Å². The Morgan fingerprint density at radius 1 is 0.611 bits per heavy atom. The van der Waals surface area contributed by atoms with Crippen molar-refractivity contribution in [2.24, 2.45) is 5.14 Å². The van der Waals surface area contributed by atoms with E-state index in [0.717, 1.165) is 18.2 Å². The SMILES string of the molecule is NS(=O)(=O)c1cccc(F)c1F.O=C(O)/C=C\C(=O)O.O=C(O)/C=C\C(=O)O.O=C(O)/C=C\C(=O)O. The van der Waals surface area contributed by atoms with Gasteiger partial charge in [0.1, 0.15) is 4.90 Å². The summed E-state index contributed by atoms with van der Waals surface area (Å²) in [5, 5.41) is 51.5. The van der Waals surface area contributed by atoms with Crippen LogP contribution in [0, 0.1) is 11.6 Å². The van der Waals surface area contributed by atoms with Crippen LogP contribution in [0.15, 0.2) is 59.6 Å². The largest absolute Gasteiger partial charge is 0.478 e. The van der Waals surface area contributed by atoms with Crippen LogP contribution in [0.25, 0.3) is 0 Å². The summed E-state index contributed by atoms with van der Waals surface area (Å²) in [5.74, 6) is -10.2. The van der Waals surface area contributed by atoms with Gasteiger partial charge in [0.25, 0.3) is 0 Å². The fourth-order valence-corrected chi connectivity index (χ4v) is 1.75. The molecule has 1 aromatic carbocycles. The third kappa shape index (κ3) is 25.3. The lowest BCUT2D eigenvalue weighted by atomic mass is 10.3. The van der Waals surface area contributed by atoms with Crippen molar-refractivity contribution in [3.63, 3.8) is 0 Å². The van der Waals surface area contributed by atoms with Gasteiger partial charge in [0, 0.05) is 36.5 Å². The zero-order valence-corrected chi connectivity index (χ0v) is 18.2. The first-order chi connectivity index (χ1) is 16.3. The minimum Gasteiger partial charge on any atom is -0.478 e. The number of aliphatic carboxylic acids is 6. The summed E-state index contributed by atoms with van der Waals surface area (Å²) in [6.45, 7) is 0. The van der Waals surface area contributed by atoms with Crippen molar-refractivity contribution in [2.75, 3.05) is 0 Å². The van der Waals surface area contributed by atoms with Crippen LogP contribution in [0.3, 0.4) is 0 Å². The molecule has 0 radical (unpaired) electrons. The molecule has 0 aliphatic heterocycles. The highest BCUT2D eigenvalue weighted by Gasteiger charge is 2.16. The van der Waals surface area contributed by atoms with Crippen LogP contribution >= 0.6 is 0 Å². The molecule has 0 aliphatic rings. The van der Waals surface area contributed by atoms with Gasteiger partial charge in [0.15, 0.2) is 11.6 Å². The van der Waals surface area contributed by atoms with Crippen molar-refractivity contribution in [1.29, 1.82) is 0 Å². The molecule has 0 spiro atoms. The van der Waals surface area contributed by atoms with E-state index in [1.807, 2.05) is 0 Å². The molecular weight excluding hydrogens is 524 g/mol. The van der Waals surface area contributed by atoms with Gasteiger partial charge in [-0.1, -0.05) is 6.07 Å². The topological polar surface area (TPSA) is 284 Å². The number of carboxylic acids is 6. The van der Waals surface area contributed by atoms with Crippen LogP contribution in [0.1, 0.15) is 0 Å². The summed E-state index contributed by atoms with van der Waals surface area (Å²) in [6.07, 6.45) is 3.35. The molecule has 0 atom stereocenters. The standard InChI is InChI=1S/C6H5F2NO2S.3C4H4O4/c7-4-2-1-3-5(6(4)8)12(9,10)11;3*5-3(6)1-2-4(7)8/h1-3H,(H2,9,10,11);3*1-2H,(H,5,6)(H,7,8)/b;3*2-1-. The summed E-state index contributed by atoms with van der Waals surface area (Å²) < 4.78 is 46.2. The fraction of sp³-hybridized carbons (Fsp3) is 0. The van der Waals surface area contributed by atoms with Crippen LogP contribution in [-0.2, 0) is 38.8 Å². The van der Waals surface area contributed by atoms with Gasteiger partial charge in [0.05, 0.1) is 0 Å². The van der Waals surface area contributed by atoms with E-state index in [-0.39, 0.29) is 0 Å². The Labute approximate surface area is 199 Å². The minimum absolute atomic E-state index is 0.558. The Bertz CT molecular complexity index is 1030. The van der Waals surface area contributed by atoms with Crippen LogP contribution in [0.2, 0.25) is 0 Å². The monoisotopic (exact) mass is 541 g/mol. The first-order valence-electron chi connectivity index (χ1n) is 8.19. The quantitative estimate of drug-likeness (QED) is 0.219. The van der Waals surface area contributed by atoms with Crippen LogP contribution in [-0.4, -0.2) is 74.9 Å². The zero-order valence-electron chi connectivity index (χ0n) is 17.4. The van der Waals surface area contributed by atoms with Crippen molar-refractivity contribution < 1.29 is 76.6 Å². The van der Waals surface area contributed by atoms with Gasteiger partial charge in [-0.25, -0.2) is 51.1 Å². The summed E-state index contributed by atoms with van der Waals surface area (Å²) >= 11 is 0. The number of carbonyl (C=O) groups is 6. The minimum atomic E-state index is -4.17. The van der Waals surface area contributed by atoms with Gasteiger partial charge in [0.2, 0.25) is 10.0 Å². The van der Waals surface area contributed by atoms with E-state index in [9.17, 15) is 46.0 Å². The number of sulfonamides is 1. The third-order valence-electron chi connectivity index (χ3n) is 2.33. The van der Waals surface area contributed by atoms with Gasteiger partial charge < -0.3 is 30.6 Å². The van der Waals surface area contributed by atoms with Crippen molar-refractivity contribution in [3.8, 4) is 0 Å². The van der Waals surface area contributed by atoms with E-state index in [1.165, 1.54) is 0 Å². The van der Waals surface area contributed by atoms with E-state index in [0.29, 0.717) is 36.5 Å². The zero-order chi connectivity index (χ0) is 29.1. The van der Waals surface area contributed by atoms with Crippen molar-refractivity contribution in [1.82, 2.24) is 0 Å². The molecule has 15 nitrogen and oxygen atoms in total. The van der Waals surface area contributed by atoms with Gasteiger partial charge in [-0.3, -0.25) is 0 Å². The van der Waals surface area contributed by atoms with Crippen LogP contribution in [0.4, 0.5) is 8.78 Å². The molecule has 0 saturated carbocycles. The molecule has 1 aromatic rings. The van der Waals surface area contributed by atoms with Crippen molar-refractivity contribution in [3.05, 3.63) is 66.3 Å². The normalized spacial score (nSPS) is 10.2. The second-order valence-corrected chi connectivity index (χ2v) is 6.66.